The molecule has 0 unspecified atom stereocenters. The Morgan fingerprint density at radius 2 is 1.64 bits per heavy atom. The predicted molar refractivity (Wildman–Crippen MR) is 103 cm³/mol. The van der Waals surface area contributed by atoms with Gasteiger partial charge in [-0.05, 0) is 55.3 Å². The van der Waals surface area contributed by atoms with Gasteiger partial charge in [0.25, 0.3) is 5.91 Å². The first-order valence-corrected chi connectivity index (χ1v) is 9.71. The smallest absolute Gasteiger partial charge is 0.339 e. The first kappa shape index (κ1) is 19.4. The lowest BCUT2D eigenvalue weighted by molar-refractivity contribution is 0.0995. The number of ether oxygens (including phenoxy) is 1. The number of nitrogens with zero attached hydrogens (tertiary/aromatic N) is 1. The highest BCUT2D eigenvalue weighted by molar-refractivity contribution is 7.87. The van der Waals surface area contributed by atoms with E-state index < -0.39 is 16.0 Å². The Hall–Kier alpha value is -3.39. The third-order valence-corrected chi connectivity index (χ3v) is 5.24. The Balaban J connectivity index is 1.82. The van der Waals surface area contributed by atoms with Crippen molar-refractivity contribution >= 4 is 16.0 Å². The van der Waals surface area contributed by atoms with E-state index in [2.05, 4.69) is 4.98 Å². The maximum atomic E-state index is 12.5. The molecule has 28 heavy (non-hydrogen) atoms. The quantitative estimate of drug-likeness (QED) is 0.638. The van der Waals surface area contributed by atoms with Gasteiger partial charge in [-0.15, -0.1) is 0 Å². The molecule has 8 heteroatoms. The summed E-state index contributed by atoms with van der Waals surface area (Å²) in [5, 5.41) is 0. The molecule has 7 nitrogen and oxygen atoms in total. The number of aromatic nitrogens is 1. The normalized spacial score (nSPS) is 11.1. The molecule has 0 spiro atoms. The molecule has 0 bridgehead atoms. The molecule has 0 saturated heterocycles. The Labute approximate surface area is 162 Å². The highest BCUT2D eigenvalue weighted by Gasteiger charge is 2.18. The van der Waals surface area contributed by atoms with Crippen LogP contribution in [0.2, 0.25) is 0 Å². The monoisotopic (exact) mass is 398 g/mol. The standard InChI is InChI=1S/C20H18N2O5S/c1-13-6-7-18(10-14(13)2)28(24,25)27-17-5-3-4-15(11-17)26-16-8-9-22-19(12-16)20(21)23/h3-12H,1-2H3,(H2,21,23). The summed E-state index contributed by atoms with van der Waals surface area (Å²) < 4.78 is 35.9. The van der Waals surface area contributed by atoms with E-state index in [1.165, 1.54) is 30.5 Å². The number of carbonyl (C=O) groups excluding carboxylic acids is 1. The number of hydrogen-bond acceptors (Lipinski definition) is 6. The van der Waals surface area contributed by atoms with E-state index in [1.807, 2.05) is 13.8 Å². The Morgan fingerprint density at radius 1 is 0.929 bits per heavy atom. The van der Waals surface area contributed by atoms with Crippen LogP contribution in [0, 0.1) is 13.8 Å². The fourth-order valence-corrected chi connectivity index (χ4v) is 3.39. The SMILES string of the molecule is Cc1ccc(S(=O)(=O)Oc2cccc(Oc3ccnc(C(N)=O)c3)c2)cc1C. The molecule has 2 N–H and O–H groups in total. The van der Waals surface area contributed by atoms with Crippen LogP contribution in [0.25, 0.3) is 0 Å². The van der Waals surface area contributed by atoms with Crippen LogP contribution >= 0.6 is 0 Å². The van der Waals surface area contributed by atoms with Gasteiger partial charge in [-0.1, -0.05) is 12.1 Å². The Kier molecular flexibility index (Phi) is 5.32. The zero-order valence-corrected chi connectivity index (χ0v) is 16.1. The molecular formula is C20H18N2O5S. The summed E-state index contributed by atoms with van der Waals surface area (Å²) in [5.41, 5.74) is 7.10. The molecule has 1 amide bonds. The van der Waals surface area contributed by atoms with Crippen LogP contribution < -0.4 is 14.7 Å². The highest BCUT2D eigenvalue weighted by atomic mass is 32.2. The minimum atomic E-state index is -3.99. The third-order valence-electron chi connectivity index (χ3n) is 4.00. The van der Waals surface area contributed by atoms with Gasteiger partial charge < -0.3 is 14.7 Å². The summed E-state index contributed by atoms with van der Waals surface area (Å²) in [6.07, 6.45) is 1.39. The average molecular weight is 398 g/mol. The lowest BCUT2D eigenvalue weighted by Crippen LogP contribution is -2.12. The average Bonchev–Trinajstić information content (AvgIpc) is 2.64. The maximum absolute atomic E-state index is 12.5. The maximum Gasteiger partial charge on any atom is 0.339 e. The minimum Gasteiger partial charge on any atom is -0.457 e. The van der Waals surface area contributed by atoms with Crippen molar-refractivity contribution in [2.24, 2.45) is 5.73 Å². The molecule has 0 saturated carbocycles. The summed E-state index contributed by atoms with van der Waals surface area (Å²) in [6.45, 7) is 3.73. The van der Waals surface area contributed by atoms with E-state index in [-0.39, 0.29) is 16.3 Å². The van der Waals surface area contributed by atoms with Gasteiger partial charge in [-0.25, -0.2) is 0 Å². The van der Waals surface area contributed by atoms with Gasteiger partial charge in [0, 0.05) is 18.3 Å². The molecule has 1 aromatic heterocycles. The van der Waals surface area contributed by atoms with E-state index in [1.54, 1.807) is 30.3 Å². The van der Waals surface area contributed by atoms with Crippen molar-refractivity contribution in [3.8, 4) is 17.2 Å². The van der Waals surface area contributed by atoms with Crippen molar-refractivity contribution in [1.82, 2.24) is 4.98 Å². The van der Waals surface area contributed by atoms with Crippen molar-refractivity contribution in [3.63, 3.8) is 0 Å². The molecule has 1 heterocycles. The summed E-state index contributed by atoms with van der Waals surface area (Å²) in [5.74, 6) is 0.0781. The highest BCUT2D eigenvalue weighted by Crippen LogP contribution is 2.27. The van der Waals surface area contributed by atoms with Gasteiger partial charge in [0.05, 0.1) is 0 Å². The predicted octanol–water partition coefficient (Wildman–Crippen LogP) is 3.36. The van der Waals surface area contributed by atoms with Gasteiger partial charge in [0.15, 0.2) is 0 Å². The molecule has 0 atom stereocenters. The number of carbonyl (C=O) groups is 1. The Bertz CT molecular complexity index is 1140. The van der Waals surface area contributed by atoms with Crippen LogP contribution in [0.4, 0.5) is 0 Å². The summed E-state index contributed by atoms with van der Waals surface area (Å²) in [6, 6.07) is 13.9. The number of hydrogen-bond donors (Lipinski definition) is 1. The molecule has 0 aliphatic heterocycles. The molecule has 0 fully saturated rings. The fraction of sp³-hybridized carbons (Fsp3) is 0.100. The first-order chi connectivity index (χ1) is 13.2. The second-order valence-electron chi connectivity index (χ2n) is 6.10. The summed E-state index contributed by atoms with van der Waals surface area (Å²) in [7, 11) is -3.99. The number of pyridine rings is 1. The molecule has 3 aromatic rings. The summed E-state index contributed by atoms with van der Waals surface area (Å²) >= 11 is 0. The zero-order chi connectivity index (χ0) is 20.3. The molecule has 144 valence electrons. The van der Waals surface area contributed by atoms with Crippen LogP contribution in [-0.4, -0.2) is 19.3 Å². The molecular weight excluding hydrogens is 380 g/mol. The number of aryl methyl sites for hydroxylation is 2. The van der Waals surface area contributed by atoms with Gasteiger partial charge in [0.1, 0.15) is 27.8 Å². The van der Waals surface area contributed by atoms with Crippen molar-refractivity contribution in [2.75, 3.05) is 0 Å². The fourth-order valence-electron chi connectivity index (χ4n) is 2.38. The van der Waals surface area contributed by atoms with Crippen molar-refractivity contribution in [1.29, 1.82) is 0 Å². The molecule has 0 aliphatic rings. The van der Waals surface area contributed by atoms with Crippen molar-refractivity contribution < 1.29 is 22.1 Å². The van der Waals surface area contributed by atoms with E-state index in [0.717, 1.165) is 11.1 Å². The van der Waals surface area contributed by atoms with Crippen LogP contribution in [0.5, 0.6) is 17.2 Å². The number of rotatable bonds is 6. The van der Waals surface area contributed by atoms with E-state index in [4.69, 9.17) is 14.7 Å². The largest absolute Gasteiger partial charge is 0.457 e. The number of nitrogens with two attached hydrogens (primary N) is 1. The van der Waals surface area contributed by atoms with Crippen molar-refractivity contribution in [2.45, 2.75) is 18.7 Å². The van der Waals surface area contributed by atoms with Crippen LogP contribution in [0.1, 0.15) is 21.6 Å². The van der Waals surface area contributed by atoms with Gasteiger partial charge in [-0.2, -0.15) is 8.42 Å². The van der Waals surface area contributed by atoms with Gasteiger partial charge in [0.2, 0.25) is 0 Å². The topological polar surface area (TPSA) is 109 Å². The molecule has 3 rings (SSSR count). The van der Waals surface area contributed by atoms with E-state index in [9.17, 15) is 13.2 Å². The minimum absolute atomic E-state index is 0.0576. The number of benzene rings is 2. The molecule has 2 aromatic carbocycles. The lowest BCUT2D eigenvalue weighted by atomic mass is 10.1. The van der Waals surface area contributed by atoms with E-state index >= 15 is 0 Å². The van der Waals surface area contributed by atoms with Crippen LogP contribution in [0.3, 0.4) is 0 Å². The van der Waals surface area contributed by atoms with Gasteiger partial charge in [-0.3, -0.25) is 9.78 Å². The third kappa shape index (κ3) is 4.47. The van der Waals surface area contributed by atoms with E-state index in [0.29, 0.717) is 11.5 Å². The van der Waals surface area contributed by atoms with Gasteiger partial charge >= 0.3 is 10.1 Å². The number of primary amides is 1. The van der Waals surface area contributed by atoms with Crippen LogP contribution in [0.15, 0.2) is 65.7 Å². The number of amides is 1. The Morgan fingerprint density at radius 3 is 2.36 bits per heavy atom. The molecule has 0 radical (unpaired) electrons. The first-order valence-electron chi connectivity index (χ1n) is 8.30. The zero-order valence-electron chi connectivity index (χ0n) is 15.2. The second-order valence-corrected chi connectivity index (χ2v) is 7.65. The molecule has 0 aliphatic carbocycles. The van der Waals surface area contributed by atoms with Crippen LogP contribution in [-0.2, 0) is 10.1 Å². The second kappa shape index (κ2) is 7.69. The summed E-state index contributed by atoms with van der Waals surface area (Å²) in [4.78, 5) is 15.1. The lowest BCUT2D eigenvalue weighted by Gasteiger charge is -2.11. The van der Waals surface area contributed by atoms with Crippen molar-refractivity contribution in [3.05, 3.63) is 77.6 Å².